The zero-order valence-electron chi connectivity index (χ0n) is 14.8. The normalized spacial score (nSPS) is 19.8. The Balaban J connectivity index is 1.37. The average Bonchev–Trinajstić information content (AvgIpc) is 3.49. The summed E-state index contributed by atoms with van der Waals surface area (Å²) in [5, 5.41) is 10.1. The molecule has 0 amide bonds. The number of fused-ring (bicyclic) bond motifs is 1. The first-order chi connectivity index (χ1) is 13.6. The molecule has 10 heteroatoms. The molecule has 2 aliphatic rings. The summed E-state index contributed by atoms with van der Waals surface area (Å²) in [5.41, 5.74) is 0.738. The minimum atomic E-state index is -3.48. The first-order valence-electron chi connectivity index (χ1n) is 8.88. The van der Waals surface area contributed by atoms with Crippen LogP contribution in [0.15, 0.2) is 44.3 Å². The van der Waals surface area contributed by atoms with Gasteiger partial charge in [-0.2, -0.15) is 4.31 Å². The van der Waals surface area contributed by atoms with Crippen LogP contribution < -0.4 is 9.47 Å². The van der Waals surface area contributed by atoms with Crippen LogP contribution in [0.4, 0.5) is 0 Å². The Morgan fingerprint density at radius 3 is 2.89 bits per heavy atom. The monoisotopic (exact) mass is 419 g/mol. The molecule has 1 atom stereocenters. The zero-order chi connectivity index (χ0) is 19.1. The number of benzene rings is 1. The van der Waals surface area contributed by atoms with Gasteiger partial charge in [-0.15, -0.1) is 21.5 Å². The maximum Gasteiger partial charge on any atom is 0.252 e. The van der Waals surface area contributed by atoms with E-state index in [-0.39, 0.29) is 12.7 Å². The number of ether oxygens (including phenoxy) is 2. The maximum absolute atomic E-state index is 12.8. The molecule has 0 aliphatic carbocycles. The van der Waals surface area contributed by atoms with Gasteiger partial charge in [-0.3, -0.25) is 0 Å². The fourth-order valence-corrected chi connectivity index (χ4v) is 6.11. The minimum Gasteiger partial charge on any atom is -0.454 e. The van der Waals surface area contributed by atoms with Crippen molar-refractivity contribution in [3.8, 4) is 23.0 Å². The number of rotatable bonds is 4. The number of aromatic nitrogens is 2. The van der Waals surface area contributed by atoms with Crippen molar-refractivity contribution >= 4 is 21.4 Å². The topological polar surface area (TPSA) is 94.8 Å². The molecular formula is C18H17N3O5S2. The van der Waals surface area contributed by atoms with Crippen LogP contribution in [0.1, 0.15) is 24.7 Å². The van der Waals surface area contributed by atoms with Gasteiger partial charge < -0.3 is 13.9 Å². The molecule has 1 unspecified atom stereocenters. The van der Waals surface area contributed by atoms with Crippen molar-refractivity contribution in [2.45, 2.75) is 23.0 Å². The highest BCUT2D eigenvalue weighted by Crippen LogP contribution is 2.37. The molecule has 1 saturated heterocycles. The van der Waals surface area contributed by atoms with E-state index in [1.54, 1.807) is 29.6 Å². The fourth-order valence-electron chi connectivity index (χ4n) is 3.45. The van der Waals surface area contributed by atoms with Gasteiger partial charge in [-0.25, -0.2) is 8.42 Å². The van der Waals surface area contributed by atoms with Crippen molar-refractivity contribution in [2.75, 3.05) is 19.9 Å². The van der Waals surface area contributed by atoms with Crippen LogP contribution in [0.3, 0.4) is 0 Å². The van der Waals surface area contributed by atoms with Gasteiger partial charge >= 0.3 is 0 Å². The summed E-state index contributed by atoms with van der Waals surface area (Å²) >= 11 is 1.23. The third kappa shape index (κ3) is 3.07. The Hall–Kier alpha value is -2.43. The third-order valence-corrected chi connectivity index (χ3v) is 8.12. The van der Waals surface area contributed by atoms with Crippen molar-refractivity contribution < 1.29 is 22.3 Å². The van der Waals surface area contributed by atoms with E-state index in [9.17, 15) is 8.42 Å². The van der Waals surface area contributed by atoms with Crippen molar-refractivity contribution in [3.05, 3.63) is 41.6 Å². The van der Waals surface area contributed by atoms with E-state index in [4.69, 9.17) is 13.9 Å². The largest absolute Gasteiger partial charge is 0.454 e. The van der Waals surface area contributed by atoms with Crippen molar-refractivity contribution in [1.29, 1.82) is 0 Å². The standard InChI is InChI=1S/C18H17N3O5S2/c22-28(23,16-4-2-8-27-16)21-7-1-3-13(10-21)18-20-19-17(26-18)12-5-6-14-15(9-12)25-11-24-14/h2,4-6,8-9,13H,1,3,7,10-11H2. The first-order valence-corrected chi connectivity index (χ1v) is 11.2. The van der Waals surface area contributed by atoms with Crippen LogP contribution in [0.25, 0.3) is 11.5 Å². The number of piperidine rings is 1. The second-order valence-electron chi connectivity index (χ2n) is 6.65. The molecular weight excluding hydrogens is 402 g/mol. The van der Waals surface area contributed by atoms with E-state index < -0.39 is 10.0 Å². The Morgan fingerprint density at radius 1 is 1.14 bits per heavy atom. The highest BCUT2D eigenvalue weighted by atomic mass is 32.2. The number of sulfonamides is 1. The predicted molar refractivity (Wildman–Crippen MR) is 101 cm³/mol. The SMILES string of the molecule is O=S(=O)(c1cccs1)N1CCCC(c2nnc(-c3ccc4c(c3)OCO4)o2)C1. The Kier molecular flexibility index (Phi) is 4.33. The lowest BCUT2D eigenvalue weighted by atomic mass is 10.00. The Bertz CT molecular complexity index is 1090. The number of hydrogen-bond donors (Lipinski definition) is 0. The van der Waals surface area contributed by atoms with Gasteiger partial charge in [-0.1, -0.05) is 6.07 Å². The molecule has 0 bridgehead atoms. The molecule has 1 aromatic carbocycles. The molecule has 28 heavy (non-hydrogen) atoms. The van der Waals surface area contributed by atoms with Crippen molar-refractivity contribution in [2.24, 2.45) is 0 Å². The number of thiophene rings is 1. The van der Waals surface area contributed by atoms with Crippen LogP contribution >= 0.6 is 11.3 Å². The molecule has 4 heterocycles. The molecule has 5 rings (SSSR count). The smallest absolute Gasteiger partial charge is 0.252 e. The predicted octanol–water partition coefficient (Wildman–Crippen LogP) is 3.10. The van der Waals surface area contributed by atoms with Gasteiger partial charge in [0.15, 0.2) is 11.5 Å². The maximum atomic E-state index is 12.8. The number of nitrogens with zero attached hydrogens (tertiary/aromatic N) is 3. The second kappa shape index (κ2) is 6.87. The van der Waals surface area contributed by atoms with Crippen molar-refractivity contribution in [3.63, 3.8) is 0 Å². The van der Waals surface area contributed by atoms with E-state index in [0.717, 1.165) is 18.4 Å². The highest BCUT2D eigenvalue weighted by molar-refractivity contribution is 7.91. The molecule has 0 spiro atoms. The fraction of sp³-hybridized carbons (Fsp3) is 0.333. The summed E-state index contributed by atoms with van der Waals surface area (Å²) in [6, 6.07) is 8.81. The summed E-state index contributed by atoms with van der Waals surface area (Å²) < 4.78 is 44.1. The molecule has 3 aromatic rings. The highest BCUT2D eigenvalue weighted by Gasteiger charge is 2.33. The Morgan fingerprint density at radius 2 is 2.04 bits per heavy atom. The lowest BCUT2D eigenvalue weighted by Gasteiger charge is -2.29. The van der Waals surface area contributed by atoms with Crippen molar-refractivity contribution in [1.82, 2.24) is 14.5 Å². The van der Waals surface area contributed by atoms with Crippen LogP contribution in [0, 0.1) is 0 Å². The van der Waals surface area contributed by atoms with E-state index in [0.29, 0.717) is 40.6 Å². The quantitative estimate of drug-likeness (QED) is 0.641. The number of hydrogen-bond acceptors (Lipinski definition) is 8. The third-order valence-electron chi connectivity index (χ3n) is 4.88. The van der Waals surface area contributed by atoms with Crippen LogP contribution in [-0.4, -0.2) is 42.8 Å². The van der Waals surface area contributed by atoms with Gasteiger partial charge in [-0.05, 0) is 42.5 Å². The van der Waals surface area contributed by atoms with Gasteiger partial charge in [0.25, 0.3) is 10.0 Å². The van der Waals surface area contributed by atoms with Gasteiger partial charge in [0, 0.05) is 18.7 Å². The average molecular weight is 419 g/mol. The summed E-state index contributed by atoms with van der Waals surface area (Å²) in [4.78, 5) is 0. The summed E-state index contributed by atoms with van der Waals surface area (Å²) in [5.74, 6) is 2.04. The molecule has 0 radical (unpaired) electrons. The van der Waals surface area contributed by atoms with Gasteiger partial charge in [0.1, 0.15) is 4.21 Å². The van der Waals surface area contributed by atoms with Crippen LogP contribution in [0.2, 0.25) is 0 Å². The zero-order valence-corrected chi connectivity index (χ0v) is 16.4. The van der Waals surface area contributed by atoms with E-state index >= 15 is 0 Å². The summed E-state index contributed by atoms with van der Waals surface area (Å²) in [6.07, 6.45) is 1.55. The van der Waals surface area contributed by atoms with E-state index in [2.05, 4.69) is 10.2 Å². The van der Waals surface area contributed by atoms with Gasteiger partial charge in [0.2, 0.25) is 18.6 Å². The van der Waals surface area contributed by atoms with Crippen LogP contribution in [0.5, 0.6) is 11.5 Å². The van der Waals surface area contributed by atoms with Crippen LogP contribution in [-0.2, 0) is 10.0 Å². The lowest BCUT2D eigenvalue weighted by Crippen LogP contribution is -2.38. The summed E-state index contributed by atoms with van der Waals surface area (Å²) in [6.45, 7) is 1.04. The second-order valence-corrected chi connectivity index (χ2v) is 9.76. The molecule has 8 nitrogen and oxygen atoms in total. The molecule has 2 aliphatic heterocycles. The molecule has 146 valence electrons. The lowest BCUT2D eigenvalue weighted by molar-refractivity contribution is 0.174. The summed E-state index contributed by atoms with van der Waals surface area (Å²) in [7, 11) is -3.48. The molecule has 0 N–H and O–H groups in total. The molecule has 2 aromatic heterocycles. The van der Waals surface area contributed by atoms with Gasteiger partial charge in [0.05, 0.1) is 5.92 Å². The first kappa shape index (κ1) is 17.7. The minimum absolute atomic E-state index is 0.126. The molecule has 0 saturated carbocycles. The molecule has 1 fully saturated rings. The van der Waals surface area contributed by atoms with E-state index in [1.165, 1.54) is 15.6 Å². The van der Waals surface area contributed by atoms with E-state index in [1.807, 2.05) is 6.07 Å². The Labute approximate surface area is 165 Å².